The van der Waals surface area contributed by atoms with Crippen molar-refractivity contribution in [1.29, 1.82) is 0 Å². The molecule has 3 aromatic rings. The number of rotatable bonds is 3. The minimum absolute atomic E-state index is 0.0892. The van der Waals surface area contributed by atoms with Crippen LogP contribution in [0.2, 0.25) is 0 Å². The van der Waals surface area contributed by atoms with E-state index < -0.39 is 0 Å². The lowest BCUT2D eigenvalue weighted by Crippen LogP contribution is -2.41. The van der Waals surface area contributed by atoms with Crippen molar-refractivity contribution in [3.05, 3.63) is 42.0 Å². The van der Waals surface area contributed by atoms with Crippen LogP contribution in [0.1, 0.15) is 30.3 Å². The van der Waals surface area contributed by atoms with Gasteiger partial charge in [0.15, 0.2) is 0 Å². The van der Waals surface area contributed by atoms with Gasteiger partial charge in [0.2, 0.25) is 5.91 Å². The first-order valence-corrected chi connectivity index (χ1v) is 8.67. The number of fused-ring (bicyclic) bond motifs is 1. The van der Waals surface area contributed by atoms with E-state index in [1.54, 1.807) is 4.68 Å². The van der Waals surface area contributed by atoms with Crippen molar-refractivity contribution >= 4 is 16.9 Å². The van der Waals surface area contributed by atoms with Crippen LogP contribution in [-0.4, -0.2) is 48.4 Å². The Morgan fingerprint density at radius 1 is 1.32 bits per heavy atom. The lowest BCUT2D eigenvalue weighted by molar-refractivity contribution is -0.133. The molecule has 0 N–H and O–H groups in total. The Kier molecular flexibility index (Phi) is 3.99. The molecule has 0 unspecified atom stereocenters. The molecule has 1 amide bonds. The van der Waals surface area contributed by atoms with E-state index in [2.05, 4.69) is 19.9 Å². The van der Waals surface area contributed by atoms with Crippen LogP contribution in [0.5, 0.6) is 0 Å². The number of imidazole rings is 1. The first-order chi connectivity index (χ1) is 12.1. The number of carbonyl (C=O) groups is 1. The summed E-state index contributed by atoms with van der Waals surface area (Å²) in [5.74, 6) is 1.45. The fraction of sp³-hybridized carbons (Fsp3) is 0.444. The fourth-order valence-electron chi connectivity index (χ4n) is 3.69. The van der Waals surface area contributed by atoms with Gasteiger partial charge in [-0.15, -0.1) is 5.10 Å². The van der Waals surface area contributed by atoms with Crippen molar-refractivity contribution in [2.45, 2.75) is 32.2 Å². The molecule has 1 fully saturated rings. The highest BCUT2D eigenvalue weighted by Gasteiger charge is 2.27. The molecule has 1 aromatic carbocycles. The van der Waals surface area contributed by atoms with E-state index in [9.17, 15) is 4.79 Å². The van der Waals surface area contributed by atoms with Gasteiger partial charge in [-0.25, -0.2) is 9.67 Å². The summed E-state index contributed by atoms with van der Waals surface area (Å²) >= 11 is 0. The zero-order chi connectivity index (χ0) is 17.4. The normalized spacial score (nSPS) is 18.0. The Labute approximate surface area is 146 Å². The zero-order valence-electron chi connectivity index (χ0n) is 14.6. The van der Waals surface area contributed by atoms with Gasteiger partial charge in [-0.3, -0.25) is 4.79 Å². The van der Waals surface area contributed by atoms with Gasteiger partial charge in [0.1, 0.15) is 17.9 Å². The van der Waals surface area contributed by atoms with Gasteiger partial charge in [-0.05, 0) is 31.9 Å². The molecule has 3 heterocycles. The van der Waals surface area contributed by atoms with Crippen LogP contribution in [0, 0.1) is 6.92 Å². The van der Waals surface area contributed by atoms with Gasteiger partial charge in [0.25, 0.3) is 0 Å². The average Bonchev–Trinajstić information content (AvgIpc) is 3.18. The molecule has 0 spiro atoms. The van der Waals surface area contributed by atoms with Crippen LogP contribution in [-0.2, 0) is 18.4 Å². The maximum Gasteiger partial charge on any atom is 0.244 e. The summed E-state index contributed by atoms with van der Waals surface area (Å²) in [4.78, 5) is 19.4. The number of para-hydroxylation sites is 1. The zero-order valence-corrected chi connectivity index (χ0v) is 14.6. The smallest absolute Gasteiger partial charge is 0.244 e. The molecule has 7 heteroatoms. The molecule has 2 aromatic heterocycles. The lowest BCUT2D eigenvalue weighted by atomic mass is 9.97. The third-order valence-electron chi connectivity index (χ3n) is 4.88. The number of aryl methyl sites for hydroxylation is 2. The third-order valence-corrected chi connectivity index (χ3v) is 4.88. The molecule has 7 nitrogen and oxygen atoms in total. The van der Waals surface area contributed by atoms with E-state index in [1.807, 2.05) is 49.3 Å². The van der Waals surface area contributed by atoms with Crippen molar-refractivity contribution in [2.75, 3.05) is 13.1 Å². The summed E-state index contributed by atoms with van der Waals surface area (Å²) in [6.07, 6.45) is 4.11. The number of nitrogens with zero attached hydrogens (tertiary/aromatic N) is 6. The Balaban J connectivity index is 1.49. The predicted molar refractivity (Wildman–Crippen MR) is 94.0 cm³/mol. The van der Waals surface area contributed by atoms with Crippen molar-refractivity contribution in [1.82, 2.24) is 29.4 Å². The number of hydrogen-bond acceptors (Lipinski definition) is 4. The molecule has 1 atom stereocenters. The molecule has 1 aliphatic heterocycles. The minimum atomic E-state index is 0.0892. The Hall–Kier alpha value is -2.70. The molecule has 0 bridgehead atoms. The summed E-state index contributed by atoms with van der Waals surface area (Å²) in [6.45, 7) is 3.75. The predicted octanol–water partition coefficient (Wildman–Crippen LogP) is 1.88. The van der Waals surface area contributed by atoms with E-state index in [4.69, 9.17) is 0 Å². The number of piperidine rings is 1. The Morgan fingerprint density at radius 3 is 2.96 bits per heavy atom. The summed E-state index contributed by atoms with van der Waals surface area (Å²) in [5.41, 5.74) is 2.73. The van der Waals surface area contributed by atoms with Gasteiger partial charge in [0, 0.05) is 32.3 Å². The highest BCUT2D eigenvalue weighted by atomic mass is 16.2. The molecule has 0 saturated carbocycles. The highest BCUT2D eigenvalue weighted by Crippen LogP contribution is 2.26. The van der Waals surface area contributed by atoms with Crippen molar-refractivity contribution < 1.29 is 4.79 Å². The standard InChI is InChI=1S/C18H22N6O/c1-13-10-22(2)18(19-13)14-6-5-9-23(11-14)17(25)12-24-16-8-4-3-7-15(16)20-21-24/h3-4,7-8,10,14H,5-6,9,11-12H2,1-2H3/t14-/m0/s1. The first-order valence-electron chi connectivity index (χ1n) is 8.67. The van der Waals surface area contributed by atoms with Crippen LogP contribution in [0.25, 0.3) is 11.0 Å². The van der Waals surface area contributed by atoms with Crippen LogP contribution in [0.15, 0.2) is 30.5 Å². The van der Waals surface area contributed by atoms with Crippen LogP contribution < -0.4 is 0 Å². The van der Waals surface area contributed by atoms with Crippen molar-refractivity contribution in [3.8, 4) is 0 Å². The number of carbonyl (C=O) groups excluding carboxylic acids is 1. The van der Waals surface area contributed by atoms with E-state index in [0.717, 1.165) is 48.5 Å². The second-order valence-electron chi connectivity index (χ2n) is 6.77. The molecule has 0 aliphatic carbocycles. The number of aromatic nitrogens is 5. The van der Waals surface area contributed by atoms with Gasteiger partial charge in [-0.2, -0.15) is 0 Å². The summed E-state index contributed by atoms with van der Waals surface area (Å²) < 4.78 is 3.77. The monoisotopic (exact) mass is 338 g/mol. The van der Waals surface area contributed by atoms with Crippen LogP contribution in [0.4, 0.5) is 0 Å². The molecular formula is C18H22N6O. The molecule has 1 aliphatic rings. The molecule has 0 radical (unpaired) electrons. The minimum Gasteiger partial charge on any atom is -0.340 e. The SMILES string of the molecule is Cc1cn(C)c([C@H]2CCCN(C(=O)Cn3nnc4ccccc43)C2)n1. The Bertz CT molecular complexity index is 911. The fourth-order valence-corrected chi connectivity index (χ4v) is 3.69. The van der Waals surface area contributed by atoms with E-state index >= 15 is 0 Å². The number of benzene rings is 1. The maximum absolute atomic E-state index is 12.8. The van der Waals surface area contributed by atoms with Crippen molar-refractivity contribution in [3.63, 3.8) is 0 Å². The van der Waals surface area contributed by atoms with Gasteiger partial charge in [-0.1, -0.05) is 17.3 Å². The van der Waals surface area contributed by atoms with Gasteiger partial charge in [0.05, 0.1) is 11.2 Å². The summed E-state index contributed by atoms with van der Waals surface area (Å²) in [6, 6.07) is 7.71. The second-order valence-corrected chi connectivity index (χ2v) is 6.77. The quantitative estimate of drug-likeness (QED) is 0.731. The molecular weight excluding hydrogens is 316 g/mol. The van der Waals surface area contributed by atoms with Gasteiger partial charge < -0.3 is 9.47 Å². The van der Waals surface area contributed by atoms with Crippen molar-refractivity contribution in [2.24, 2.45) is 7.05 Å². The first kappa shape index (κ1) is 15.8. The van der Waals surface area contributed by atoms with Crippen LogP contribution >= 0.6 is 0 Å². The molecule has 25 heavy (non-hydrogen) atoms. The van der Waals surface area contributed by atoms with E-state index in [1.165, 1.54) is 0 Å². The Morgan fingerprint density at radius 2 is 2.16 bits per heavy atom. The van der Waals surface area contributed by atoms with E-state index in [0.29, 0.717) is 5.92 Å². The summed E-state index contributed by atoms with van der Waals surface area (Å²) in [7, 11) is 2.03. The molecule has 1 saturated heterocycles. The molecule has 130 valence electrons. The summed E-state index contributed by atoms with van der Waals surface area (Å²) in [5, 5.41) is 8.25. The number of likely N-dealkylation sites (tertiary alicyclic amines) is 1. The highest BCUT2D eigenvalue weighted by molar-refractivity contribution is 5.80. The largest absolute Gasteiger partial charge is 0.340 e. The molecule has 4 rings (SSSR count). The second kappa shape index (κ2) is 6.31. The maximum atomic E-state index is 12.8. The number of hydrogen-bond donors (Lipinski definition) is 0. The third kappa shape index (κ3) is 3.01. The van der Waals surface area contributed by atoms with Crippen LogP contribution in [0.3, 0.4) is 0 Å². The van der Waals surface area contributed by atoms with Gasteiger partial charge >= 0.3 is 0 Å². The lowest BCUT2D eigenvalue weighted by Gasteiger charge is -2.32. The topological polar surface area (TPSA) is 68.8 Å². The average molecular weight is 338 g/mol. The number of amides is 1. The van der Waals surface area contributed by atoms with E-state index in [-0.39, 0.29) is 12.5 Å².